The minimum absolute atomic E-state index is 0.337. The highest BCUT2D eigenvalue weighted by atomic mass is 15.1. The summed E-state index contributed by atoms with van der Waals surface area (Å²) in [7, 11) is 0. The van der Waals surface area contributed by atoms with Crippen LogP contribution in [0, 0.1) is 0 Å². The third-order valence-corrected chi connectivity index (χ3v) is 3.50. The molecule has 1 saturated heterocycles. The summed E-state index contributed by atoms with van der Waals surface area (Å²) in [4.78, 5) is 0. The molecule has 1 saturated carbocycles. The third kappa shape index (κ3) is 2.23. The molecule has 0 bridgehead atoms. The van der Waals surface area contributed by atoms with E-state index in [1.807, 2.05) is 0 Å². The first-order chi connectivity index (χ1) is 6.17. The number of rotatable bonds is 0. The normalized spacial score (nSPS) is 39.2. The molecule has 0 aromatic heterocycles. The van der Waals surface area contributed by atoms with Crippen molar-refractivity contribution in [2.45, 2.75) is 63.6 Å². The minimum Gasteiger partial charge on any atom is -0.312 e. The molecular formula is C11H22N2. The fraction of sp³-hybridized carbons (Fsp3) is 1.00. The van der Waals surface area contributed by atoms with Crippen LogP contribution in [0.2, 0.25) is 0 Å². The Morgan fingerprint density at radius 2 is 1.77 bits per heavy atom. The number of hydrogen-bond acceptors (Lipinski definition) is 2. The first-order valence-corrected chi connectivity index (χ1v) is 5.68. The van der Waals surface area contributed by atoms with Gasteiger partial charge in [0.15, 0.2) is 0 Å². The molecule has 0 aromatic rings. The molecule has 1 heterocycles. The fourth-order valence-corrected chi connectivity index (χ4v) is 2.69. The van der Waals surface area contributed by atoms with Gasteiger partial charge in [0.1, 0.15) is 0 Å². The Bertz CT molecular complexity index is 177. The van der Waals surface area contributed by atoms with Gasteiger partial charge in [-0.25, -0.2) is 0 Å². The Morgan fingerprint density at radius 1 is 1.08 bits per heavy atom. The first kappa shape index (κ1) is 9.47. The molecule has 2 fully saturated rings. The summed E-state index contributed by atoms with van der Waals surface area (Å²) in [6.07, 6.45) is 6.80. The van der Waals surface area contributed by atoms with E-state index in [-0.39, 0.29) is 0 Å². The van der Waals surface area contributed by atoms with Gasteiger partial charge in [0.25, 0.3) is 0 Å². The van der Waals surface area contributed by atoms with Crippen LogP contribution in [0.1, 0.15) is 46.0 Å². The van der Waals surface area contributed by atoms with E-state index in [1.54, 1.807) is 0 Å². The van der Waals surface area contributed by atoms with Crippen LogP contribution in [0.4, 0.5) is 0 Å². The molecule has 2 atom stereocenters. The largest absolute Gasteiger partial charge is 0.312 e. The van der Waals surface area contributed by atoms with Crippen molar-refractivity contribution in [3.05, 3.63) is 0 Å². The smallest absolute Gasteiger partial charge is 0.0226 e. The van der Waals surface area contributed by atoms with Gasteiger partial charge >= 0.3 is 0 Å². The monoisotopic (exact) mass is 182 g/mol. The Kier molecular flexibility index (Phi) is 2.61. The Morgan fingerprint density at radius 3 is 2.54 bits per heavy atom. The van der Waals surface area contributed by atoms with Crippen LogP contribution < -0.4 is 10.6 Å². The summed E-state index contributed by atoms with van der Waals surface area (Å²) < 4.78 is 0. The predicted octanol–water partition coefficient (Wildman–Crippen LogP) is 1.66. The SMILES string of the molecule is CC1(C)CCN[C@@H]2CCCC[C@H]2N1. The van der Waals surface area contributed by atoms with Gasteiger partial charge in [0.05, 0.1) is 0 Å². The molecule has 1 aliphatic carbocycles. The Hall–Kier alpha value is -0.0800. The molecule has 76 valence electrons. The van der Waals surface area contributed by atoms with Gasteiger partial charge in [-0.1, -0.05) is 12.8 Å². The lowest BCUT2D eigenvalue weighted by molar-refractivity contribution is 0.263. The standard InChI is InChI=1S/C11H22N2/c1-11(2)7-8-12-9-5-3-4-6-10(9)13-11/h9-10,12-13H,3-8H2,1-2H3/t9-,10-/m1/s1. The predicted molar refractivity (Wildman–Crippen MR) is 55.9 cm³/mol. The van der Waals surface area contributed by atoms with E-state index < -0.39 is 0 Å². The molecule has 13 heavy (non-hydrogen) atoms. The van der Waals surface area contributed by atoms with E-state index in [9.17, 15) is 0 Å². The molecule has 2 nitrogen and oxygen atoms in total. The van der Waals surface area contributed by atoms with Crippen LogP contribution in [0.15, 0.2) is 0 Å². The van der Waals surface area contributed by atoms with E-state index in [2.05, 4.69) is 24.5 Å². The molecule has 2 N–H and O–H groups in total. The quantitative estimate of drug-likeness (QED) is 0.595. The summed E-state index contributed by atoms with van der Waals surface area (Å²) in [5.74, 6) is 0. The second kappa shape index (κ2) is 3.58. The van der Waals surface area contributed by atoms with Crippen LogP contribution >= 0.6 is 0 Å². The van der Waals surface area contributed by atoms with Gasteiger partial charge < -0.3 is 10.6 Å². The van der Waals surface area contributed by atoms with Crippen LogP contribution in [-0.2, 0) is 0 Å². The van der Waals surface area contributed by atoms with Gasteiger partial charge in [0, 0.05) is 17.6 Å². The van der Waals surface area contributed by atoms with Crippen LogP contribution in [0.25, 0.3) is 0 Å². The number of fused-ring (bicyclic) bond motifs is 1. The van der Waals surface area contributed by atoms with Crippen molar-refractivity contribution in [3.8, 4) is 0 Å². The zero-order valence-electron chi connectivity index (χ0n) is 8.90. The first-order valence-electron chi connectivity index (χ1n) is 5.68. The second-order valence-electron chi connectivity index (χ2n) is 5.23. The van der Waals surface area contributed by atoms with Gasteiger partial charge in [-0.05, 0) is 39.7 Å². The molecule has 2 heteroatoms. The van der Waals surface area contributed by atoms with Gasteiger partial charge in [-0.2, -0.15) is 0 Å². The molecule has 0 aromatic carbocycles. The molecule has 2 aliphatic rings. The van der Waals surface area contributed by atoms with E-state index in [4.69, 9.17) is 0 Å². The lowest BCUT2D eigenvalue weighted by Crippen LogP contribution is -2.52. The third-order valence-electron chi connectivity index (χ3n) is 3.50. The second-order valence-corrected chi connectivity index (χ2v) is 5.23. The van der Waals surface area contributed by atoms with Crippen molar-refractivity contribution in [1.82, 2.24) is 10.6 Å². The number of hydrogen-bond donors (Lipinski definition) is 2. The Balaban J connectivity index is 2.03. The molecule has 1 aliphatic heterocycles. The summed E-state index contributed by atoms with van der Waals surface area (Å²) >= 11 is 0. The lowest BCUT2D eigenvalue weighted by atomic mass is 9.89. The van der Waals surface area contributed by atoms with E-state index in [0.717, 1.165) is 12.1 Å². The van der Waals surface area contributed by atoms with Crippen molar-refractivity contribution >= 4 is 0 Å². The minimum atomic E-state index is 0.337. The molecular weight excluding hydrogens is 160 g/mol. The van der Waals surface area contributed by atoms with Crippen LogP contribution in [0.3, 0.4) is 0 Å². The van der Waals surface area contributed by atoms with E-state index >= 15 is 0 Å². The van der Waals surface area contributed by atoms with Crippen molar-refractivity contribution in [1.29, 1.82) is 0 Å². The van der Waals surface area contributed by atoms with Crippen molar-refractivity contribution in [3.63, 3.8) is 0 Å². The van der Waals surface area contributed by atoms with Crippen molar-refractivity contribution in [2.24, 2.45) is 0 Å². The highest BCUT2D eigenvalue weighted by Crippen LogP contribution is 2.24. The molecule has 0 unspecified atom stereocenters. The Labute approximate surface area is 81.5 Å². The van der Waals surface area contributed by atoms with Crippen LogP contribution in [-0.4, -0.2) is 24.2 Å². The summed E-state index contributed by atoms with van der Waals surface area (Å²) in [6, 6.07) is 1.47. The summed E-state index contributed by atoms with van der Waals surface area (Å²) in [5, 5.41) is 7.47. The molecule has 0 spiro atoms. The highest BCUT2D eigenvalue weighted by molar-refractivity contribution is 4.95. The molecule has 0 amide bonds. The van der Waals surface area contributed by atoms with Gasteiger partial charge in [0.2, 0.25) is 0 Å². The maximum absolute atomic E-state index is 3.79. The highest BCUT2D eigenvalue weighted by Gasteiger charge is 2.32. The van der Waals surface area contributed by atoms with Gasteiger partial charge in [-0.15, -0.1) is 0 Å². The molecule has 2 rings (SSSR count). The van der Waals surface area contributed by atoms with Gasteiger partial charge in [-0.3, -0.25) is 0 Å². The number of nitrogens with one attached hydrogen (secondary N) is 2. The zero-order valence-corrected chi connectivity index (χ0v) is 8.90. The fourth-order valence-electron chi connectivity index (χ4n) is 2.69. The summed E-state index contributed by atoms with van der Waals surface area (Å²) in [6.45, 7) is 5.83. The van der Waals surface area contributed by atoms with Crippen LogP contribution in [0.5, 0.6) is 0 Å². The topological polar surface area (TPSA) is 24.1 Å². The maximum Gasteiger partial charge on any atom is 0.0226 e. The summed E-state index contributed by atoms with van der Waals surface area (Å²) in [5.41, 5.74) is 0.337. The molecule has 0 radical (unpaired) electrons. The maximum atomic E-state index is 3.79. The average molecular weight is 182 g/mol. The lowest BCUT2D eigenvalue weighted by Gasteiger charge is -2.35. The van der Waals surface area contributed by atoms with E-state index in [1.165, 1.54) is 38.6 Å². The van der Waals surface area contributed by atoms with E-state index in [0.29, 0.717) is 5.54 Å². The zero-order chi connectivity index (χ0) is 9.31. The van der Waals surface area contributed by atoms with Crippen molar-refractivity contribution in [2.75, 3.05) is 6.54 Å². The average Bonchev–Trinajstić information content (AvgIpc) is 2.21. The van der Waals surface area contributed by atoms with Crippen molar-refractivity contribution < 1.29 is 0 Å².